The van der Waals surface area contributed by atoms with Gasteiger partial charge in [0.1, 0.15) is 0 Å². The van der Waals surface area contributed by atoms with E-state index in [4.69, 9.17) is 0 Å². The molecule has 88 valence electrons. The lowest BCUT2D eigenvalue weighted by molar-refractivity contribution is -0.140. The zero-order chi connectivity index (χ0) is 11.6. The Morgan fingerprint density at radius 1 is 1.25 bits per heavy atom. The molecular formula is C13H19NO2. The van der Waals surface area contributed by atoms with Crippen LogP contribution < -0.4 is 5.32 Å². The summed E-state index contributed by atoms with van der Waals surface area (Å²) in [6, 6.07) is 10.3. The molecule has 1 N–H and O–H groups in total. The van der Waals surface area contributed by atoms with Crippen molar-refractivity contribution in [3.8, 4) is 0 Å². The summed E-state index contributed by atoms with van der Waals surface area (Å²) in [4.78, 5) is 10.8. The molecule has 0 aliphatic heterocycles. The molecule has 0 aliphatic carbocycles. The molecule has 3 heteroatoms. The highest BCUT2D eigenvalue weighted by atomic mass is 16.5. The third kappa shape index (κ3) is 5.51. The fourth-order valence-electron chi connectivity index (χ4n) is 1.45. The molecule has 0 heterocycles. The number of rotatable bonds is 7. The van der Waals surface area contributed by atoms with Gasteiger partial charge in [0.15, 0.2) is 0 Å². The first kappa shape index (κ1) is 12.7. The molecule has 0 aromatic heterocycles. The molecule has 0 atom stereocenters. The van der Waals surface area contributed by atoms with Crippen LogP contribution in [0, 0.1) is 0 Å². The highest BCUT2D eigenvalue weighted by molar-refractivity contribution is 5.68. The molecular weight excluding hydrogens is 202 g/mol. The summed E-state index contributed by atoms with van der Waals surface area (Å²) >= 11 is 0. The first-order valence-electron chi connectivity index (χ1n) is 5.64. The van der Waals surface area contributed by atoms with Gasteiger partial charge in [0.2, 0.25) is 0 Å². The average Bonchev–Trinajstić information content (AvgIpc) is 2.34. The number of hydrogen-bond acceptors (Lipinski definition) is 3. The Morgan fingerprint density at radius 2 is 2.00 bits per heavy atom. The summed E-state index contributed by atoms with van der Waals surface area (Å²) in [5.74, 6) is -0.122. The van der Waals surface area contributed by atoms with E-state index >= 15 is 0 Å². The van der Waals surface area contributed by atoms with Gasteiger partial charge in [-0.3, -0.25) is 4.79 Å². The Hall–Kier alpha value is -1.35. The average molecular weight is 221 g/mol. The molecule has 0 spiro atoms. The van der Waals surface area contributed by atoms with E-state index in [1.165, 1.54) is 12.7 Å². The van der Waals surface area contributed by atoms with Crippen molar-refractivity contribution in [1.29, 1.82) is 0 Å². The van der Waals surface area contributed by atoms with Gasteiger partial charge in [-0.05, 0) is 24.9 Å². The van der Waals surface area contributed by atoms with E-state index in [0.717, 1.165) is 25.9 Å². The molecule has 0 fully saturated rings. The Morgan fingerprint density at radius 3 is 2.69 bits per heavy atom. The van der Waals surface area contributed by atoms with Crippen LogP contribution in [0.4, 0.5) is 0 Å². The Bertz CT molecular complexity index is 298. The number of ether oxygens (including phenoxy) is 1. The number of carbonyl (C=O) groups is 1. The SMILES string of the molecule is COC(=O)CCCCNCc1ccccc1. The summed E-state index contributed by atoms with van der Waals surface area (Å²) < 4.78 is 4.57. The van der Waals surface area contributed by atoms with Crippen LogP contribution in [-0.4, -0.2) is 19.6 Å². The number of benzene rings is 1. The monoisotopic (exact) mass is 221 g/mol. The van der Waals surface area contributed by atoms with Gasteiger partial charge in [-0.2, -0.15) is 0 Å². The Kier molecular flexibility index (Phi) is 6.26. The molecule has 0 radical (unpaired) electrons. The molecule has 0 amide bonds. The first-order chi connectivity index (χ1) is 7.83. The molecule has 1 aromatic carbocycles. The van der Waals surface area contributed by atoms with Crippen molar-refractivity contribution < 1.29 is 9.53 Å². The lowest BCUT2D eigenvalue weighted by Gasteiger charge is -2.04. The quantitative estimate of drug-likeness (QED) is 0.566. The summed E-state index contributed by atoms with van der Waals surface area (Å²) in [7, 11) is 1.43. The van der Waals surface area contributed by atoms with Crippen LogP contribution in [0.3, 0.4) is 0 Å². The standard InChI is InChI=1S/C13H19NO2/c1-16-13(15)9-5-6-10-14-11-12-7-3-2-4-8-12/h2-4,7-8,14H,5-6,9-11H2,1H3. The van der Waals surface area contributed by atoms with Gasteiger partial charge >= 0.3 is 5.97 Å². The number of carbonyl (C=O) groups excluding carboxylic acids is 1. The zero-order valence-corrected chi connectivity index (χ0v) is 9.74. The van der Waals surface area contributed by atoms with Gasteiger partial charge in [-0.1, -0.05) is 30.3 Å². The summed E-state index contributed by atoms with van der Waals surface area (Å²) in [6.45, 7) is 1.82. The van der Waals surface area contributed by atoms with Gasteiger partial charge < -0.3 is 10.1 Å². The lowest BCUT2D eigenvalue weighted by atomic mass is 10.2. The van der Waals surface area contributed by atoms with Gasteiger partial charge in [0.25, 0.3) is 0 Å². The van der Waals surface area contributed by atoms with Crippen LogP contribution in [-0.2, 0) is 16.1 Å². The summed E-state index contributed by atoms with van der Waals surface area (Å²) in [5, 5.41) is 3.34. The maximum atomic E-state index is 10.8. The predicted molar refractivity (Wildman–Crippen MR) is 64.0 cm³/mol. The van der Waals surface area contributed by atoms with E-state index in [9.17, 15) is 4.79 Å². The van der Waals surface area contributed by atoms with E-state index in [-0.39, 0.29) is 5.97 Å². The molecule has 0 saturated carbocycles. The molecule has 0 bridgehead atoms. The van der Waals surface area contributed by atoms with Crippen LogP contribution in [0.2, 0.25) is 0 Å². The van der Waals surface area contributed by atoms with Crippen molar-refractivity contribution in [2.75, 3.05) is 13.7 Å². The van der Waals surface area contributed by atoms with E-state index in [1.807, 2.05) is 18.2 Å². The topological polar surface area (TPSA) is 38.3 Å². The van der Waals surface area contributed by atoms with E-state index < -0.39 is 0 Å². The van der Waals surface area contributed by atoms with Gasteiger partial charge in [0, 0.05) is 13.0 Å². The zero-order valence-electron chi connectivity index (χ0n) is 9.74. The van der Waals surface area contributed by atoms with E-state index in [1.54, 1.807) is 0 Å². The first-order valence-corrected chi connectivity index (χ1v) is 5.64. The molecule has 0 aliphatic rings. The van der Waals surface area contributed by atoms with E-state index in [0.29, 0.717) is 6.42 Å². The normalized spacial score (nSPS) is 10.1. The minimum atomic E-state index is -0.122. The van der Waals surface area contributed by atoms with Crippen molar-refractivity contribution >= 4 is 5.97 Å². The van der Waals surface area contributed by atoms with Crippen molar-refractivity contribution in [2.24, 2.45) is 0 Å². The molecule has 3 nitrogen and oxygen atoms in total. The molecule has 0 saturated heterocycles. The largest absolute Gasteiger partial charge is 0.469 e. The third-order valence-electron chi connectivity index (χ3n) is 2.38. The summed E-state index contributed by atoms with van der Waals surface area (Å²) in [6.07, 6.45) is 2.40. The molecule has 16 heavy (non-hydrogen) atoms. The van der Waals surface area contributed by atoms with Crippen molar-refractivity contribution in [3.63, 3.8) is 0 Å². The molecule has 1 rings (SSSR count). The molecule has 1 aromatic rings. The smallest absolute Gasteiger partial charge is 0.305 e. The van der Waals surface area contributed by atoms with Crippen LogP contribution in [0.5, 0.6) is 0 Å². The van der Waals surface area contributed by atoms with Gasteiger partial charge in [-0.25, -0.2) is 0 Å². The second-order valence-electron chi connectivity index (χ2n) is 3.70. The Labute approximate surface area is 96.8 Å². The minimum Gasteiger partial charge on any atom is -0.469 e. The molecule has 0 unspecified atom stereocenters. The van der Waals surface area contributed by atoms with Crippen LogP contribution in [0.25, 0.3) is 0 Å². The number of methoxy groups -OCH3 is 1. The second kappa shape index (κ2) is 7.88. The highest BCUT2D eigenvalue weighted by Crippen LogP contribution is 1.99. The number of esters is 1. The summed E-state index contributed by atoms with van der Waals surface area (Å²) in [5.41, 5.74) is 1.29. The maximum absolute atomic E-state index is 10.8. The predicted octanol–water partition coefficient (Wildman–Crippen LogP) is 2.12. The lowest BCUT2D eigenvalue weighted by Crippen LogP contribution is -2.15. The van der Waals surface area contributed by atoms with Gasteiger partial charge in [-0.15, -0.1) is 0 Å². The fraction of sp³-hybridized carbons (Fsp3) is 0.462. The number of nitrogens with one attached hydrogen (secondary N) is 1. The minimum absolute atomic E-state index is 0.122. The maximum Gasteiger partial charge on any atom is 0.305 e. The van der Waals surface area contributed by atoms with Crippen molar-refractivity contribution in [3.05, 3.63) is 35.9 Å². The highest BCUT2D eigenvalue weighted by Gasteiger charge is 1.98. The van der Waals surface area contributed by atoms with Crippen molar-refractivity contribution in [1.82, 2.24) is 5.32 Å². The van der Waals surface area contributed by atoms with Gasteiger partial charge in [0.05, 0.1) is 7.11 Å². The Balaban J connectivity index is 1.98. The van der Waals surface area contributed by atoms with E-state index in [2.05, 4.69) is 22.2 Å². The van der Waals surface area contributed by atoms with Crippen LogP contribution in [0.1, 0.15) is 24.8 Å². The number of unbranched alkanes of at least 4 members (excludes halogenated alkanes) is 1. The number of hydrogen-bond donors (Lipinski definition) is 1. The second-order valence-corrected chi connectivity index (χ2v) is 3.70. The third-order valence-corrected chi connectivity index (χ3v) is 2.38. The van der Waals surface area contributed by atoms with Crippen LogP contribution >= 0.6 is 0 Å². The van der Waals surface area contributed by atoms with Crippen molar-refractivity contribution in [2.45, 2.75) is 25.8 Å². The van der Waals surface area contributed by atoms with Crippen LogP contribution in [0.15, 0.2) is 30.3 Å². The fourth-order valence-corrected chi connectivity index (χ4v) is 1.45.